The van der Waals surface area contributed by atoms with Gasteiger partial charge in [0.05, 0.1) is 11.7 Å². The van der Waals surface area contributed by atoms with Crippen LogP contribution in [0.1, 0.15) is 12.0 Å². The average Bonchev–Trinajstić information content (AvgIpc) is 2.91. The third-order valence-electron chi connectivity index (χ3n) is 3.37. The molecule has 0 amide bonds. The molecule has 8 heteroatoms. The van der Waals surface area contributed by atoms with Gasteiger partial charge in [-0.1, -0.05) is 0 Å². The first-order chi connectivity index (χ1) is 9.88. The van der Waals surface area contributed by atoms with E-state index in [2.05, 4.69) is 5.32 Å². The summed E-state index contributed by atoms with van der Waals surface area (Å²) in [4.78, 5) is 10.8. The highest BCUT2D eigenvalue weighted by molar-refractivity contribution is 5.74. The second-order valence-corrected chi connectivity index (χ2v) is 4.85. The van der Waals surface area contributed by atoms with Crippen LogP contribution < -0.4 is 16.9 Å². The highest BCUT2D eigenvalue weighted by Gasteiger charge is 2.31. The summed E-state index contributed by atoms with van der Waals surface area (Å²) in [5.74, 6) is 2.93. The van der Waals surface area contributed by atoms with E-state index in [1.807, 2.05) is 0 Å². The smallest absolute Gasteiger partial charge is 0.320 e. The fourth-order valence-corrected chi connectivity index (χ4v) is 2.15. The Bertz CT molecular complexity index is 579. The molecule has 1 saturated heterocycles. The molecule has 21 heavy (non-hydrogen) atoms. The second-order valence-electron chi connectivity index (χ2n) is 4.85. The van der Waals surface area contributed by atoms with Crippen molar-refractivity contribution in [2.24, 2.45) is 11.6 Å². The zero-order valence-corrected chi connectivity index (χ0v) is 11.1. The topological polar surface area (TPSA) is 105 Å². The van der Waals surface area contributed by atoms with Gasteiger partial charge >= 0.3 is 5.97 Å². The molecule has 6 nitrogen and oxygen atoms in total. The number of carbonyl (C=O) groups is 1. The quantitative estimate of drug-likeness (QED) is 0.468. The van der Waals surface area contributed by atoms with E-state index in [1.54, 1.807) is 0 Å². The van der Waals surface area contributed by atoms with Gasteiger partial charge in [-0.15, -0.1) is 0 Å². The number of carboxylic acids is 1. The molecule has 1 aliphatic heterocycles. The van der Waals surface area contributed by atoms with Crippen LogP contribution in [0.3, 0.4) is 0 Å². The van der Waals surface area contributed by atoms with E-state index in [4.69, 9.17) is 16.7 Å². The van der Waals surface area contributed by atoms with E-state index in [1.165, 1.54) is 17.3 Å². The molecule has 0 radical (unpaired) electrons. The van der Waals surface area contributed by atoms with Crippen molar-refractivity contribution >= 4 is 11.7 Å². The van der Waals surface area contributed by atoms with Crippen LogP contribution in [0.5, 0.6) is 0 Å². The number of carboxylic acid groups (broad SMARTS) is 1. The molecule has 114 valence electrons. The van der Waals surface area contributed by atoms with Crippen LogP contribution in [0.15, 0.2) is 24.4 Å². The van der Waals surface area contributed by atoms with Crippen LogP contribution >= 0.6 is 0 Å². The van der Waals surface area contributed by atoms with Crippen molar-refractivity contribution < 1.29 is 18.7 Å². The molecule has 6 N–H and O–H groups in total. The maximum absolute atomic E-state index is 13.1. The van der Waals surface area contributed by atoms with Gasteiger partial charge in [0.2, 0.25) is 0 Å². The molecule has 0 aromatic heterocycles. The number of nitrogens with one attached hydrogen (secondary N) is 1. The SMILES string of the molecule is N/C(=C\N(N)C1CNC(C(=O)O)C1)c1ccc(F)c(F)c1. The molecule has 0 spiro atoms. The first-order valence-electron chi connectivity index (χ1n) is 6.30. The summed E-state index contributed by atoms with van der Waals surface area (Å²) in [6.07, 6.45) is 1.71. The Hall–Kier alpha value is -2.19. The van der Waals surface area contributed by atoms with Crippen molar-refractivity contribution in [3.8, 4) is 0 Å². The van der Waals surface area contributed by atoms with Gasteiger partial charge in [0, 0.05) is 18.3 Å². The number of hydrazine groups is 1. The van der Waals surface area contributed by atoms with Crippen molar-refractivity contribution in [3.63, 3.8) is 0 Å². The Morgan fingerprint density at radius 1 is 1.43 bits per heavy atom. The minimum Gasteiger partial charge on any atom is -0.480 e. The third kappa shape index (κ3) is 3.47. The number of aliphatic carboxylic acids is 1. The number of hydrogen-bond acceptors (Lipinski definition) is 5. The summed E-state index contributed by atoms with van der Waals surface area (Å²) in [6, 6.07) is 2.39. The van der Waals surface area contributed by atoms with Gasteiger partial charge in [0.15, 0.2) is 11.6 Å². The predicted octanol–water partition coefficient (Wildman–Crippen LogP) is 0.213. The van der Waals surface area contributed by atoms with Crippen LogP contribution in [0, 0.1) is 11.6 Å². The molecule has 0 bridgehead atoms. The van der Waals surface area contributed by atoms with Gasteiger partial charge in [0.1, 0.15) is 6.04 Å². The largest absolute Gasteiger partial charge is 0.480 e. The zero-order chi connectivity index (χ0) is 15.6. The monoisotopic (exact) mass is 298 g/mol. The molecule has 2 rings (SSSR count). The third-order valence-corrected chi connectivity index (χ3v) is 3.37. The fraction of sp³-hybridized carbons (Fsp3) is 0.308. The van der Waals surface area contributed by atoms with Gasteiger partial charge in [-0.25, -0.2) is 14.6 Å². The van der Waals surface area contributed by atoms with Crippen LogP contribution in [0.25, 0.3) is 5.70 Å². The maximum Gasteiger partial charge on any atom is 0.320 e. The van der Waals surface area contributed by atoms with Gasteiger partial charge in [-0.05, 0) is 24.6 Å². The van der Waals surface area contributed by atoms with Gasteiger partial charge in [-0.2, -0.15) is 0 Å². The predicted molar refractivity (Wildman–Crippen MR) is 72.4 cm³/mol. The highest BCUT2D eigenvalue weighted by Crippen LogP contribution is 2.16. The lowest BCUT2D eigenvalue weighted by Gasteiger charge is -2.22. The fourth-order valence-electron chi connectivity index (χ4n) is 2.15. The second kappa shape index (κ2) is 6.06. The molecule has 2 unspecified atom stereocenters. The molecule has 1 aromatic carbocycles. The molecular weight excluding hydrogens is 282 g/mol. The van der Waals surface area contributed by atoms with E-state index >= 15 is 0 Å². The number of hydrogen-bond donors (Lipinski definition) is 4. The molecule has 1 aliphatic rings. The first kappa shape index (κ1) is 15.2. The van der Waals surface area contributed by atoms with Crippen LogP contribution in [0.2, 0.25) is 0 Å². The Morgan fingerprint density at radius 2 is 2.14 bits per heavy atom. The van der Waals surface area contributed by atoms with Crippen LogP contribution in [-0.4, -0.2) is 34.7 Å². The summed E-state index contributed by atoms with van der Waals surface area (Å²) in [6.45, 7) is 0.398. The number of rotatable bonds is 4. The summed E-state index contributed by atoms with van der Waals surface area (Å²) in [5.41, 5.74) is 6.25. The zero-order valence-electron chi connectivity index (χ0n) is 11.1. The number of halogens is 2. The van der Waals surface area contributed by atoms with Crippen molar-refractivity contribution in [1.82, 2.24) is 10.3 Å². The van der Waals surface area contributed by atoms with E-state index in [0.717, 1.165) is 12.1 Å². The molecule has 0 aliphatic carbocycles. The van der Waals surface area contributed by atoms with Crippen LogP contribution in [0.4, 0.5) is 8.78 Å². The van der Waals surface area contributed by atoms with Crippen molar-refractivity contribution in [2.75, 3.05) is 6.54 Å². The van der Waals surface area contributed by atoms with E-state index in [0.29, 0.717) is 18.5 Å². The summed E-state index contributed by atoms with van der Waals surface area (Å²) >= 11 is 0. The van der Waals surface area contributed by atoms with Gasteiger partial charge in [-0.3, -0.25) is 4.79 Å². The molecular formula is C13H16F2N4O2. The molecule has 1 heterocycles. The Balaban J connectivity index is 2.08. The van der Waals surface area contributed by atoms with Crippen molar-refractivity contribution in [1.29, 1.82) is 0 Å². The molecule has 2 atom stereocenters. The lowest BCUT2D eigenvalue weighted by atomic mass is 10.1. The minimum atomic E-state index is -0.999. The molecule has 1 fully saturated rings. The Kier molecular flexibility index (Phi) is 4.39. The number of nitrogens with zero attached hydrogens (tertiary/aromatic N) is 1. The standard InChI is InChI=1S/C13H16F2N4O2/c14-9-2-1-7(3-10(9)15)11(16)6-19(17)8-4-12(13(20)21)18-5-8/h1-3,6,8,12,18H,4-5,16-17H2,(H,20,21)/b11-6-. The van der Waals surface area contributed by atoms with Crippen molar-refractivity contribution in [2.45, 2.75) is 18.5 Å². The van der Waals surface area contributed by atoms with Gasteiger partial charge in [0.25, 0.3) is 0 Å². The molecule has 1 aromatic rings. The summed E-state index contributed by atoms with van der Waals surface area (Å²) in [5, 5.41) is 13.0. The summed E-state index contributed by atoms with van der Waals surface area (Å²) < 4.78 is 26.0. The maximum atomic E-state index is 13.1. The molecule has 0 saturated carbocycles. The van der Waals surface area contributed by atoms with E-state index in [-0.39, 0.29) is 11.7 Å². The Labute approximate surface area is 120 Å². The van der Waals surface area contributed by atoms with Gasteiger partial charge < -0.3 is 21.2 Å². The number of benzene rings is 1. The average molecular weight is 298 g/mol. The van der Waals surface area contributed by atoms with E-state index < -0.39 is 23.6 Å². The summed E-state index contributed by atoms with van der Waals surface area (Å²) in [7, 11) is 0. The lowest BCUT2D eigenvalue weighted by molar-refractivity contribution is -0.139. The van der Waals surface area contributed by atoms with Crippen LogP contribution in [-0.2, 0) is 4.79 Å². The lowest BCUT2D eigenvalue weighted by Crippen LogP contribution is -2.38. The highest BCUT2D eigenvalue weighted by atomic mass is 19.2. The first-order valence-corrected chi connectivity index (χ1v) is 6.30. The normalized spacial score (nSPS) is 22.3. The Morgan fingerprint density at radius 3 is 2.71 bits per heavy atom. The van der Waals surface area contributed by atoms with E-state index in [9.17, 15) is 13.6 Å². The number of nitrogens with two attached hydrogens (primary N) is 2. The minimum absolute atomic E-state index is 0.162. The van der Waals surface area contributed by atoms with Crippen molar-refractivity contribution in [3.05, 3.63) is 41.6 Å².